The molecule has 0 spiro atoms. The number of para-hydroxylation sites is 1. The number of fused-ring (bicyclic) bond motifs is 1. The van der Waals surface area contributed by atoms with E-state index in [1.54, 1.807) is 16.2 Å². The van der Waals surface area contributed by atoms with Gasteiger partial charge in [0.1, 0.15) is 5.75 Å². The van der Waals surface area contributed by atoms with Gasteiger partial charge in [0.15, 0.2) is 0 Å². The molecule has 6 heteroatoms. The van der Waals surface area contributed by atoms with Gasteiger partial charge in [-0.2, -0.15) is 0 Å². The normalized spacial score (nSPS) is 15.0. The molecule has 1 aliphatic heterocycles. The molecular weight excluding hydrogens is 328 g/mol. The van der Waals surface area contributed by atoms with Gasteiger partial charge in [-0.15, -0.1) is 11.3 Å². The second-order valence-electron chi connectivity index (χ2n) is 5.98. The maximum absolute atomic E-state index is 12.4. The third-order valence-corrected chi connectivity index (χ3v) is 6.23. The summed E-state index contributed by atoms with van der Waals surface area (Å²) in [6.07, 6.45) is 0.873. The van der Waals surface area contributed by atoms with E-state index in [4.69, 9.17) is 0 Å². The molecule has 1 atom stereocenters. The van der Waals surface area contributed by atoms with E-state index < -0.39 is 10.8 Å². The van der Waals surface area contributed by atoms with Crippen LogP contribution in [0.5, 0.6) is 0 Å². The van der Waals surface area contributed by atoms with Crippen molar-refractivity contribution >= 4 is 33.7 Å². The van der Waals surface area contributed by atoms with Crippen LogP contribution in [0.4, 0.5) is 5.69 Å². The zero-order valence-corrected chi connectivity index (χ0v) is 15.0. The number of nitrogens with zero attached hydrogens (tertiary/aromatic N) is 2. The third kappa shape index (κ3) is 3.70. The van der Waals surface area contributed by atoms with Gasteiger partial charge in [0.2, 0.25) is 5.91 Å². The summed E-state index contributed by atoms with van der Waals surface area (Å²) in [5.41, 5.74) is 2.98. The molecule has 1 aromatic carbocycles. The van der Waals surface area contributed by atoms with Gasteiger partial charge in [0, 0.05) is 34.3 Å². The standard InChI is InChI=1S/C17H20N2O2S2/c1-12(2)17-18-14(9-22-17)10-23(21)11-16(20)19-8-7-13-5-3-4-6-15(13)19/h3-6,9,12H,7-8,10-11H2,1-2H3. The molecular formula is C17H20N2O2S2. The fraction of sp³-hybridized carbons (Fsp3) is 0.412. The number of hydrogen-bond acceptors (Lipinski definition) is 4. The molecule has 0 aliphatic carbocycles. The van der Waals surface area contributed by atoms with E-state index in [-0.39, 0.29) is 11.7 Å². The average molecular weight is 348 g/mol. The number of aromatic nitrogens is 1. The summed E-state index contributed by atoms with van der Waals surface area (Å²) in [6, 6.07) is 7.92. The van der Waals surface area contributed by atoms with E-state index >= 15 is 0 Å². The molecule has 0 bridgehead atoms. The molecule has 122 valence electrons. The first-order valence-electron chi connectivity index (χ1n) is 7.72. The summed E-state index contributed by atoms with van der Waals surface area (Å²) in [7, 11) is -1.22. The molecule has 0 fully saturated rings. The van der Waals surface area contributed by atoms with Crippen molar-refractivity contribution < 1.29 is 9.00 Å². The number of anilines is 1. The molecule has 23 heavy (non-hydrogen) atoms. The van der Waals surface area contributed by atoms with Crippen LogP contribution in [0.15, 0.2) is 29.6 Å². The van der Waals surface area contributed by atoms with E-state index in [9.17, 15) is 9.00 Å². The highest BCUT2D eigenvalue weighted by Crippen LogP contribution is 2.27. The summed E-state index contributed by atoms with van der Waals surface area (Å²) in [5, 5.41) is 3.00. The van der Waals surface area contributed by atoms with Crippen LogP contribution in [-0.2, 0) is 27.8 Å². The lowest BCUT2D eigenvalue weighted by Gasteiger charge is -2.16. The Hall–Kier alpha value is -1.53. The lowest BCUT2D eigenvalue weighted by molar-refractivity contribution is -0.116. The number of hydrogen-bond donors (Lipinski definition) is 0. The molecule has 1 amide bonds. The summed E-state index contributed by atoms with van der Waals surface area (Å²) in [6.45, 7) is 4.87. The second kappa shape index (κ2) is 6.93. The van der Waals surface area contributed by atoms with Crippen LogP contribution in [0.3, 0.4) is 0 Å². The molecule has 0 radical (unpaired) electrons. The van der Waals surface area contributed by atoms with E-state index in [1.807, 2.05) is 29.6 Å². The first-order valence-corrected chi connectivity index (χ1v) is 10.1. The van der Waals surface area contributed by atoms with Crippen molar-refractivity contribution in [3.63, 3.8) is 0 Å². The topological polar surface area (TPSA) is 50.3 Å². The van der Waals surface area contributed by atoms with Gasteiger partial charge in [0.25, 0.3) is 0 Å². The van der Waals surface area contributed by atoms with Gasteiger partial charge in [-0.25, -0.2) is 4.98 Å². The van der Waals surface area contributed by atoms with Crippen molar-refractivity contribution in [3.8, 4) is 0 Å². The smallest absolute Gasteiger partial charge is 0.239 e. The lowest BCUT2D eigenvalue weighted by Crippen LogP contribution is -2.33. The number of carbonyl (C=O) groups is 1. The number of thiazole rings is 1. The Labute approximate surface area is 143 Å². The molecule has 3 rings (SSSR count). The predicted octanol–water partition coefficient (Wildman–Crippen LogP) is 3.10. The van der Waals surface area contributed by atoms with Gasteiger partial charge in [-0.1, -0.05) is 32.0 Å². The highest BCUT2D eigenvalue weighted by molar-refractivity contribution is 7.85. The van der Waals surface area contributed by atoms with Gasteiger partial charge in [-0.3, -0.25) is 9.00 Å². The first kappa shape index (κ1) is 16.3. The average Bonchev–Trinajstić information content (AvgIpc) is 3.13. The highest BCUT2D eigenvalue weighted by Gasteiger charge is 2.25. The van der Waals surface area contributed by atoms with E-state index in [1.165, 1.54) is 5.56 Å². The third-order valence-electron chi connectivity index (χ3n) is 3.84. The van der Waals surface area contributed by atoms with Gasteiger partial charge in [0.05, 0.1) is 16.5 Å². The number of amides is 1. The van der Waals surface area contributed by atoms with Crippen LogP contribution < -0.4 is 4.90 Å². The summed E-state index contributed by atoms with van der Waals surface area (Å²) in [4.78, 5) is 18.7. The maximum Gasteiger partial charge on any atom is 0.239 e. The fourth-order valence-electron chi connectivity index (χ4n) is 2.68. The molecule has 0 saturated heterocycles. The summed E-state index contributed by atoms with van der Waals surface area (Å²) >= 11 is 1.59. The van der Waals surface area contributed by atoms with E-state index in [0.717, 1.165) is 22.8 Å². The van der Waals surface area contributed by atoms with Crippen LogP contribution in [0.1, 0.15) is 36.0 Å². The molecule has 1 unspecified atom stereocenters. The number of rotatable bonds is 5. The van der Waals surface area contributed by atoms with Gasteiger partial charge < -0.3 is 4.90 Å². The molecule has 1 aliphatic rings. The Balaban J connectivity index is 1.61. The van der Waals surface area contributed by atoms with E-state index in [2.05, 4.69) is 18.8 Å². The van der Waals surface area contributed by atoms with Crippen molar-refractivity contribution in [2.24, 2.45) is 0 Å². The Bertz CT molecular complexity index is 740. The number of carbonyl (C=O) groups excluding carboxylic acids is 1. The first-order chi connectivity index (χ1) is 11.0. The van der Waals surface area contributed by atoms with Crippen LogP contribution in [0, 0.1) is 0 Å². The Morgan fingerprint density at radius 3 is 2.91 bits per heavy atom. The lowest BCUT2D eigenvalue weighted by atomic mass is 10.2. The minimum absolute atomic E-state index is 0.0584. The largest absolute Gasteiger partial charge is 0.311 e. The molecule has 1 aromatic heterocycles. The molecule has 0 N–H and O–H groups in total. The zero-order chi connectivity index (χ0) is 16.4. The van der Waals surface area contributed by atoms with Gasteiger partial charge in [-0.05, 0) is 18.1 Å². The Kier molecular flexibility index (Phi) is 4.92. The number of benzene rings is 1. The predicted molar refractivity (Wildman–Crippen MR) is 95.4 cm³/mol. The highest BCUT2D eigenvalue weighted by atomic mass is 32.2. The Morgan fingerprint density at radius 2 is 2.17 bits per heavy atom. The van der Waals surface area contributed by atoms with Crippen molar-refractivity contribution in [1.29, 1.82) is 0 Å². The van der Waals surface area contributed by atoms with Crippen LogP contribution >= 0.6 is 11.3 Å². The minimum atomic E-state index is -1.22. The minimum Gasteiger partial charge on any atom is -0.311 e. The zero-order valence-electron chi connectivity index (χ0n) is 13.3. The molecule has 0 saturated carbocycles. The summed E-state index contributed by atoms with van der Waals surface area (Å²) in [5.74, 6) is 0.727. The maximum atomic E-state index is 12.4. The quantitative estimate of drug-likeness (QED) is 0.834. The molecule has 4 nitrogen and oxygen atoms in total. The van der Waals surface area contributed by atoms with Crippen molar-refractivity contribution in [2.45, 2.75) is 31.9 Å². The fourth-order valence-corrected chi connectivity index (χ4v) is 4.63. The van der Waals surface area contributed by atoms with E-state index in [0.29, 0.717) is 18.2 Å². The SMILES string of the molecule is CC(C)c1nc(CS(=O)CC(=O)N2CCc3ccccc32)cs1. The van der Waals surface area contributed by atoms with Crippen molar-refractivity contribution in [2.75, 3.05) is 17.2 Å². The van der Waals surface area contributed by atoms with Crippen LogP contribution in [0.25, 0.3) is 0 Å². The van der Waals surface area contributed by atoms with Crippen LogP contribution in [0.2, 0.25) is 0 Å². The molecule has 2 aromatic rings. The monoisotopic (exact) mass is 348 g/mol. The summed E-state index contributed by atoms with van der Waals surface area (Å²) < 4.78 is 12.3. The van der Waals surface area contributed by atoms with Crippen LogP contribution in [-0.4, -0.2) is 27.4 Å². The van der Waals surface area contributed by atoms with Crippen molar-refractivity contribution in [1.82, 2.24) is 4.98 Å². The van der Waals surface area contributed by atoms with Crippen molar-refractivity contribution in [3.05, 3.63) is 45.9 Å². The Morgan fingerprint density at radius 1 is 1.39 bits per heavy atom. The molecule has 2 heterocycles. The van der Waals surface area contributed by atoms with Gasteiger partial charge >= 0.3 is 0 Å². The second-order valence-corrected chi connectivity index (χ2v) is 8.33.